The minimum Gasteiger partial charge on any atom is -0.452 e. The molecule has 0 spiro atoms. The van der Waals surface area contributed by atoms with Crippen molar-refractivity contribution >= 4 is 27.6 Å². The van der Waals surface area contributed by atoms with Gasteiger partial charge in [-0.25, -0.2) is 17.6 Å². The molecule has 2 aromatic carbocycles. The number of benzene rings is 2. The van der Waals surface area contributed by atoms with E-state index in [1.54, 1.807) is 0 Å². The van der Waals surface area contributed by atoms with Gasteiger partial charge in [-0.1, -0.05) is 12.1 Å². The number of ether oxygens (including phenoxy) is 1. The van der Waals surface area contributed by atoms with E-state index in [1.165, 1.54) is 50.2 Å². The first-order chi connectivity index (χ1) is 12.6. The van der Waals surface area contributed by atoms with Crippen LogP contribution in [0.3, 0.4) is 0 Å². The number of hydrogen-bond donors (Lipinski definition) is 1. The van der Waals surface area contributed by atoms with Crippen LogP contribution in [-0.2, 0) is 19.6 Å². The monoisotopic (exact) mass is 394 g/mol. The number of sulfonamides is 1. The highest BCUT2D eigenvalue weighted by Crippen LogP contribution is 2.23. The second-order valence-electron chi connectivity index (χ2n) is 5.93. The van der Waals surface area contributed by atoms with Gasteiger partial charge in [-0.3, -0.25) is 9.52 Å². The Morgan fingerprint density at radius 3 is 2.44 bits per heavy atom. The van der Waals surface area contributed by atoms with Crippen LogP contribution in [0.5, 0.6) is 0 Å². The van der Waals surface area contributed by atoms with E-state index in [9.17, 15) is 22.4 Å². The van der Waals surface area contributed by atoms with Gasteiger partial charge in [0.05, 0.1) is 16.1 Å². The van der Waals surface area contributed by atoms with Crippen molar-refractivity contribution in [1.82, 2.24) is 4.90 Å². The molecule has 0 aliphatic carbocycles. The van der Waals surface area contributed by atoms with Crippen LogP contribution in [0.25, 0.3) is 0 Å². The number of aryl methyl sites for hydroxylation is 1. The van der Waals surface area contributed by atoms with E-state index in [0.717, 1.165) is 18.2 Å². The third-order valence-corrected chi connectivity index (χ3v) is 5.17. The Kier molecular flexibility index (Phi) is 6.17. The third-order valence-electron chi connectivity index (χ3n) is 3.64. The molecule has 0 unspecified atom stereocenters. The molecule has 27 heavy (non-hydrogen) atoms. The lowest BCUT2D eigenvalue weighted by Crippen LogP contribution is -2.27. The molecule has 9 heteroatoms. The number of likely N-dealkylation sites (N-methyl/N-ethyl adjacent to an activating group) is 1. The number of nitrogens with one attached hydrogen (secondary N) is 1. The van der Waals surface area contributed by atoms with Gasteiger partial charge >= 0.3 is 5.97 Å². The smallest absolute Gasteiger partial charge is 0.340 e. The van der Waals surface area contributed by atoms with Crippen molar-refractivity contribution in [2.75, 3.05) is 25.4 Å². The van der Waals surface area contributed by atoms with Gasteiger partial charge < -0.3 is 9.64 Å². The predicted octanol–water partition coefficient (Wildman–Crippen LogP) is 2.18. The minimum atomic E-state index is -4.06. The number of rotatable bonds is 6. The molecule has 0 aromatic heterocycles. The molecule has 0 fully saturated rings. The predicted molar refractivity (Wildman–Crippen MR) is 97.4 cm³/mol. The molecule has 2 aromatic rings. The molecule has 0 saturated heterocycles. The summed E-state index contributed by atoms with van der Waals surface area (Å²) in [4.78, 5) is 24.9. The Morgan fingerprint density at radius 1 is 1.15 bits per heavy atom. The van der Waals surface area contributed by atoms with Crippen LogP contribution in [0.2, 0.25) is 0 Å². The van der Waals surface area contributed by atoms with E-state index in [2.05, 4.69) is 4.72 Å². The van der Waals surface area contributed by atoms with Crippen molar-refractivity contribution in [1.29, 1.82) is 0 Å². The topological polar surface area (TPSA) is 92.8 Å². The van der Waals surface area contributed by atoms with E-state index in [0.29, 0.717) is 0 Å². The fourth-order valence-electron chi connectivity index (χ4n) is 2.20. The van der Waals surface area contributed by atoms with Crippen molar-refractivity contribution in [3.05, 3.63) is 59.4 Å². The molecular weight excluding hydrogens is 375 g/mol. The quantitative estimate of drug-likeness (QED) is 0.758. The fourth-order valence-corrected chi connectivity index (χ4v) is 3.51. The van der Waals surface area contributed by atoms with Gasteiger partial charge in [0.25, 0.3) is 15.9 Å². The van der Waals surface area contributed by atoms with Gasteiger partial charge in [0, 0.05) is 14.1 Å². The highest BCUT2D eigenvalue weighted by atomic mass is 32.2. The average molecular weight is 394 g/mol. The number of carbonyl (C=O) groups excluding carboxylic acids is 2. The summed E-state index contributed by atoms with van der Waals surface area (Å²) in [5, 5.41) is 0. The summed E-state index contributed by atoms with van der Waals surface area (Å²) < 4.78 is 45.7. The maximum Gasteiger partial charge on any atom is 0.340 e. The molecule has 7 nitrogen and oxygen atoms in total. The number of nitrogens with zero attached hydrogens (tertiary/aromatic N) is 1. The Hall–Kier alpha value is -2.94. The number of esters is 1. The van der Waals surface area contributed by atoms with Crippen molar-refractivity contribution < 1.29 is 27.1 Å². The molecule has 0 aliphatic rings. The molecule has 0 atom stereocenters. The molecule has 0 heterocycles. The number of carbonyl (C=O) groups is 2. The summed E-state index contributed by atoms with van der Waals surface area (Å²) >= 11 is 0. The van der Waals surface area contributed by atoms with E-state index in [4.69, 9.17) is 4.74 Å². The Bertz CT molecular complexity index is 973. The third kappa shape index (κ3) is 5.04. The number of amides is 1. The highest BCUT2D eigenvalue weighted by molar-refractivity contribution is 7.92. The SMILES string of the molecule is Cc1cc(F)ccc1S(=O)(=O)Nc1ccccc1C(=O)OCC(=O)N(C)C. The summed E-state index contributed by atoms with van der Waals surface area (Å²) in [6.45, 7) is 0.995. The summed E-state index contributed by atoms with van der Waals surface area (Å²) in [6, 6.07) is 9.11. The van der Waals surface area contributed by atoms with Gasteiger partial charge in [0.15, 0.2) is 6.61 Å². The molecular formula is C18H19FN2O5S. The Labute approximate surface area is 156 Å². The minimum absolute atomic E-state index is 0.0106. The Morgan fingerprint density at radius 2 is 1.81 bits per heavy atom. The molecule has 0 radical (unpaired) electrons. The summed E-state index contributed by atoms with van der Waals surface area (Å²) in [5.41, 5.74) is 0.162. The van der Waals surface area contributed by atoms with Gasteiger partial charge in [0.2, 0.25) is 0 Å². The second-order valence-corrected chi connectivity index (χ2v) is 7.58. The lowest BCUT2D eigenvalue weighted by molar-refractivity contribution is -0.131. The normalized spacial score (nSPS) is 11.0. The first-order valence-electron chi connectivity index (χ1n) is 7.87. The fraction of sp³-hybridized carbons (Fsp3) is 0.222. The van der Waals surface area contributed by atoms with Gasteiger partial charge in [0.1, 0.15) is 5.82 Å². The number of halogens is 1. The van der Waals surface area contributed by atoms with E-state index >= 15 is 0 Å². The highest BCUT2D eigenvalue weighted by Gasteiger charge is 2.21. The maximum absolute atomic E-state index is 13.2. The second kappa shape index (κ2) is 8.17. The van der Waals surface area contributed by atoms with Crippen LogP contribution >= 0.6 is 0 Å². The van der Waals surface area contributed by atoms with Crippen molar-refractivity contribution in [3.8, 4) is 0 Å². The van der Waals surface area contributed by atoms with Crippen molar-refractivity contribution in [2.24, 2.45) is 0 Å². The van der Waals surface area contributed by atoms with Gasteiger partial charge in [-0.15, -0.1) is 0 Å². The molecule has 1 amide bonds. The van der Waals surface area contributed by atoms with Crippen LogP contribution < -0.4 is 4.72 Å². The van der Waals surface area contributed by atoms with Crippen LogP contribution in [-0.4, -0.2) is 45.9 Å². The van der Waals surface area contributed by atoms with Crippen LogP contribution in [0, 0.1) is 12.7 Å². The number of hydrogen-bond acceptors (Lipinski definition) is 5. The van der Waals surface area contributed by atoms with E-state index in [1.807, 2.05) is 0 Å². The summed E-state index contributed by atoms with van der Waals surface area (Å²) in [5.74, 6) is -1.82. The molecule has 0 saturated carbocycles. The zero-order valence-electron chi connectivity index (χ0n) is 15.0. The average Bonchev–Trinajstić information content (AvgIpc) is 2.59. The first-order valence-corrected chi connectivity index (χ1v) is 9.35. The standard InChI is InChI=1S/C18H19FN2O5S/c1-12-10-13(19)8-9-16(12)27(24,25)20-15-7-5-4-6-14(15)18(23)26-11-17(22)21(2)3/h4-10,20H,11H2,1-3H3. The molecule has 0 aliphatic heterocycles. The van der Waals surface area contributed by atoms with Crippen molar-refractivity contribution in [2.45, 2.75) is 11.8 Å². The number of anilines is 1. The lowest BCUT2D eigenvalue weighted by atomic mass is 10.2. The van der Waals surface area contributed by atoms with Crippen LogP contribution in [0.4, 0.5) is 10.1 Å². The maximum atomic E-state index is 13.2. The summed E-state index contributed by atoms with van der Waals surface area (Å²) in [6.07, 6.45) is 0. The number of para-hydroxylation sites is 1. The van der Waals surface area contributed by atoms with Gasteiger partial charge in [-0.05, 0) is 42.8 Å². The zero-order valence-corrected chi connectivity index (χ0v) is 15.8. The van der Waals surface area contributed by atoms with Crippen molar-refractivity contribution in [3.63, 3.8) is 0 Å². The lowest BCUT2D eigenvalue weighted by Gasteiger charge is -2.14. The van der Waals surface area contributed by atoms with Crippen LogP contribution in [0.15, 0.2) is 47.4 Å². The zero-order chi connectivity index (χ0) is 20.2. The Balaban J connectivity index is 2.27. The summed E-state index contributed by atoms with van der Waals surface area (Å²) in [7, 11) is -1.03. The van der Waals surface area contributed by atoms with Gasteiger partial charge in [-0.2, -0.15) is 0 Å². The largest absolute Gasteiger partial charge is 0.452 e. The molecule has 0 bridgehead atoms. The van der Waals surface area contributed by atoms with Crippen LogP contribution in [0.1, 0.15) is 15.9 Å². The molecule has 1 N–H and O–H groups in total. The molecule has 2 rings (SSSR count). The van der Waals surface area contributed by atoms with E-state index < -0.39 is 34.3 Å². The molecule has 144 valence electrons. The first kappa shape index (κ1) is 20.4. The van der Waals surface area contributed by atoms with E-state index in [-0.39, 0.29) is 21.7 Å².